The molecular formula is C18H17N7. The van der Waals surface area contributed by atoms with E-state index in [4.69, 9.17) is 5.10 Å². The molecule has 1 aromatic carbocycles. The van der Waals surface area contributed by atoms with Gasteiger partial charge in [-0.25, -0.2) is 19.6 Å². The highest BCUT2D eigenvalue weighted by molar-refractivity contribution is 5.75. The van der Waals surface area contributed by atoms with Crippen LogP contribution in [0.25, 0.3) is 17.0 Å². The van der Waals surface area contributed by atoms with Crippen molar-refractivity contribution in [1.29, 1.82) is 0 Å². The summed E-state index contributed by atoms with van der Waals surface area (Å²) in [5.41, 5.74) is 5.60. The van der Waals surface area contributed by atoms with E-state index in [1.807, 2.05) is 35.3 Å². The molecule has 0 bridgehead atoms. The number of rotatable bonds is 3. The molecule has 5 rings (SSSR count). The summed E-state index contributed by atoms with van der Waals surface area (Å²) in [6.45, 7) is 2.45. The van der Waals surface area contributed by atoms with Crippen LogP contribution in [0.15, 0.2) is 49.1 Å². The zero-order chi connectivity index (χ0) is 16.6. The zero-order valence-corrected chi connectivity index (χ0v) is 13.6. The van der Waals surface area contributed by atoms with Gasteiger partial charge in [0.15, 0.2) is 0 Å². The molecule has 1 aliphatic heterocycles. The monoisotopic (exact) mass is 331 g/mol. The van der Waals surface area contributed by atoms with Crippen LogP contribution in [0.5, 0.6) is 0 Å². The first kappa shape index (κ1) is 14.3. The Morgan fingerprint density at radius 3 is 2.84 bits per heavy atom. The fourth-order valence-electron chi connectivity index (χ4n) is 3.41. The van der Waals surface area contributed by atoms with Crippen molar-refractivity contribution in [3.63, 3.8) is 0 Å². The van der Waals surface area contributed by atoms with E-state index in [-0.39, 0.29) is 0 Å². The maximum Gasteiger partial charge on any atom is 0.250 e. The average Bonchev–Trinajstić information content (AvgIpc) is 3.25. The summed E-state index contributed by atoms with van der Waals surface area (Å²) < 4.78 is 4.04. The van der Waals surface area contributed by atoms with Crippen LogP contribution in [-0.2, 0) is 19.5 Å². The van der Waals surface area contributed by atoms with E-state index in [1.54, 1.807) is 12.4 Å². The number of aromatic nitrogens is 6. The molecule has 0 unspecified atom stereocenters. The van der Waals surface area contributed by atoms with Gasteiger partial charge in [-0.2, -0.15) is 5.10 Å². The molecule has 0 spiro atoms. The first-order valence-electron chi connectivity index (χ1n) is 8.38. The lowest BCUT2D eigenvalue weighted by Gasteiger charge is -2.15. The summed E-state index contributed by atoms with van der Waals surface area (Å²) in [5.74, 6) is 0.627. The van der Waals surface area contributed by atoms with Crippen LogP contribution in [0, 0.1) is 0 Å². The maximum atomic E-state index is 4.85. The van der Waals surface area contributed by atoms with E-state index in [0.717, 1.165) is 36.2 Å². The third-order valence-corrected chi connectivity index (χ3v) is 4.60. The van der Waals surface area contributed by atoms with Crippen molar-refractivity contribution in [2.24, 2.45) is 0 Å². The highest BCUT2D eigenvalue weighted by Gasteiger charge is 2.22. The second kappa shape index (κ2) is 5.78. The van der Waals surface area contributed by atoms with Gasteiger partial charge in [-0.1, -0.05) is 12.1 Å². The molecule has 25 heavy (non-hydrogen) atoms. The van der Waals surface area contributed by atoms with E-state index in [1.165, 1.54) is 11.3 Å². The number of fused-ring (bicyclic) bond motifs is 2. The first-order valence-corrected chi connectivity index (χ1v) is 8.38. The number of nitrogens with zero attached hydrogens (tertiary/aromatic N) is 6. The van der Waals surface area contributed by atoms with Crippen molar-refractivity contribution >= 4 is 11.0 Å². The van der Waals surface area contributed by atoms with Gasteiger partial charge in [0.1, 0.15) is 0 Å². The lowest BCUT2D eigenvalue weighted by molar-refractivity contribution is 0.616. The molecule has 0 amide bonds. The molecule has 0 fully saturated rings. The molecule has 124 valence electrons. The molecule has 0 saturated heterocycles. The lowest BCUT2D eigenvalue weighted by atomic mass is 10.1. The van der Waals surface area contributed by atoms with Gasteiger partial charge >= 0.3 is 0 Å². The van der Waals surface area contributed by atoms with Crippen LogP contribution in [0.1, 0.15) is 17.0 Å². The van der Waals surface area contributed by atoms with Crippen molar-refractivity contribution in [2.75, 3.05) is 6.54 Å². The summed E-state index contributed by atoms with van der Waals surface area (Å²) in [4.78, 5) is 13.2. The Morgan fingerprint density at radius 2 is 1.92 bits per heavy atom. The second-order valence-electron chi connectivity index (χ2n) is 6.12. The number of imidazole rings is 1. The van der Waals surface area contributed by atoms with E-state index < -0.39 is 0 Å². The third kappa shape index (κ3) is 2.40. The van der Waals surface area contributed by atoms with Crippen molar-refractivity contribution in [3.8, 4) is 5.95 Å². The summed E-state index contributed by atoms with van der Waals surface area (Å²) in [7, 11) is 0. The Hall–Kier alpha value is -3.06. The molecule has 1 aliphatic rings. The molecule has 0 radical (unpaired) electrons. The first-order chi connectivity index (χ1) is 12.4. The number of para-hydroxylation sites is 2. The molecule has 4 heterocycles. The average molecular weight is 331 g/mol. The zero-order valence-electron chi connectivity index (χ0n) is 13.6. The molecular weight excluding hydrogens is 314 g/mol. The van der Waals surface area contributed by atoms with Crippen LogP contribution in [0.2, 0.25) is 0 Å². The largest absolute Gasteiger partial charge is 0.324 e. The van der Waals surface area contributed by atoms with Crippen molar-refractivity contribution in [1.82, 2.24) is 34.6 Å². The Labute approximate surface area is 144 Å². The van der Waals surface area contributed by atoms with Gasteiger partial charge in [-0.3, -0.25) is 0 Å². The van der Waals surface area contributed by atoms with E-state index in [9.17, 15) is 0 Å². The highest BCUT2D eigenvalue weighted by Crippen LogP contribution is 2.22. The third-order valence-electron chi connectivity index (χ3n) is 4.60. The molecule has 0 atom stereocenters. The molecule has 0 aliphatic carbocycles. The van der Waals surface area contributed by atoms with Crippen LogP contribution < -0.4 is 5.32 Å². The molecule has 3 aromatic heterocycles. The fraction of sp³-hybridized carbons (Fsp3) is 0.222. The molecule has 4 aromatic rings. The molecule has 0 saturated carbocycles. The molecule has 1 N–H and O–H groups in total. The Morgan fingerprint density at radius 1 is 1.04 bits per heavy atom. The Kier molecular flexibility index (Phi) is 3.31. The number of hydrogen-bond donors (Lipinski definition) is 1. The summed E-state index contributed by atoms with van der Waals surface area (Å²) in [5, 5.41) is 8.29. The second-order valence-corrected chi connectivity index (χ2v) is 6.12. The minimum absolute atomic E-state index is 0.627. The van der Waals surface area contributed by atoms with E-state index in [0.29, 0.717) is 12.5 Å². The highest BCUT2D eigenvalue weighted by atomic mass is 15.4. The van der Waals surface area contributed by atoms with E-state index >= 15 is 0 Å². The van der Waals surface area contributed by atoms with Crippen LogP contribution in [0.4, 0.5) is 0 Å². The van der Waals surface area contributed by atoms with E-state index in [2.05, 4.69) is 30.9 Å². The fourth-order valence-corrected chi connectivity index (χ4v) is 3.41. The van der Waals surface area contributed by atoms with Crippen molar-refractivity contribution in [3.05, 3.63) is 66.0 Å². The number of nitrogens with one attached hydrogen (secondary N) is 1. The summed E-state index contributed by atoms with van der Waals surface area (Å²) in [6.07, 6.45) is 6.30. The predicted molar refractivity (Wildman–Crippen MR) is 93.4 cm³/mol. The summed E-state index contributed by atoms with van der Waals surface area (Å²) in [6, 6.07) is 9.98. The normalized spacial score (nSPS) is 13.9. The SMILES string of the molecule is c1cnc(-n2nc(Cn3cnc4ccccc43)c3c2CCNC3)nc1. The van der Waals surface area contributed by atoms with Crippen LogP contribution in [0.3, 0.4) is 0 Å². The Balaban J connectivity index is 1.61. The van der Waals surface area contributed by atoms with Gasteiger partial charge < -0.3 is 9.88 Å². The van der Waals surface area contributed by atoms with Gasteiger partial charge in [-0.15, -0.1) is 0 Å². The number of benzene rings is 1. The van der Waals surface area contributed by atoms with Crippen LogP contribution >= 0.6 is 0 Å². The minimum Gasteiger partial charge on any atom is -0.324 e. The molecule has 7 nitrogen and oxygen atoms in total. The predicted octanol–water partition coefficient (Wildman–Crippen LogP) is 1.71. The topological polar surface area (TPSA) is 73.5 Å². The van der Waals surface area contributed by atoms with Gasteiger partial charge in [0.25, 0.3) is 5.95 Å². The maximum absolute atomic E-state index is 4.85. The Bertz CT molecular complexity index is 1030. The van der Waals surface area contributed by atoms with Gasteiger partial charge in [0.2, 0.25) is 0 Å². The molecule has 7 heteroatoms. The van der Waals surface area contributed by atoms with Gasteiger partial charge in [0.05, 0.1) is 35.3 Å². The van der Waals surface area contributed by atoms with Gasteiger partial charge in [0, 0.05) is 37.5 Å². The lowest BCUT2D eigenvalue weighted by Crippen LogP contribution is -2.25. The van der Waals surface area contributed by atoms with Crippen molar-refractivity contribution < 1.29 is 0 Å². The standard InChI is InChI=1S/C18H17N7/c1-2-5-17-14(4-1)22-12-24(17)11-15-13-10-19-9-6-16(13)25(23-15)18-20-7-3-8-21-18/h1-5,7-8,12,19H,6,9-11H2. The van der Waals surface area contributed by atoms with Crippen LogP contribution in [-0.4, -0.2) is 35.8 Å². The van der Waals surface area contributed by atoms with Crippen molar-refractivity contribution in [2.45, 2.75) is 19.5 Å². The quantitative estimate of drug-likeness (QED) is 0.619. The van der Waals surface area contributed by atoms with Gasteiger partial charge in [-0.05, 0) is 18.2 Å². The minimum atomic E-state index is 0.627. The number of hydrogen-bond acceptors (Lipinski definition) is 5. The summed E-state index contributed by atoms with van der Waals surface area (Å²) >= 11 is 0. The smallest absolute Gasteiger partial charge is 0.250 e.